The summed E-state index contributed by atoms with van der Waals surface area (Å²) in [5, 5.41) is 2.90. The molecule has 0 aliphatic carbocycles. The SMILES string of the molecule is COC(=O)Cc1cc2ccc(Cl)cc2c(-c2ccc(S(=O)(=O)c3ccc(Cl)cc3)cc2)c1C. The molecule has 0 fully saturated rings. The number of carbonyl (C=O) groups excluding carboxylic acids is 1. The Morgan fingerprint density at radius 1 is 0.848 bits per heavy atom. The van der Waals surface area contributed by atoms with Gasteiger partial charge in [-0.25, -0.2) is 8.42 Å². The molecule has 0 aliphatic rings. The van der Waals surface area contributed by atoms with Gasteiger partial charge < -0.3 is 4.74 Å². The normalized spacial score (nSPS) is 11.5. The summed E-state index contributed by atoms with van der Waals surface area (Å²) < 4.78 is 30.9. The lowest BCUT2D eigenvalue weighted by molar-refractivity contribution is -0.139. The number of halogens is 2. The van der Waals surface area contributed by atoms with Crippen LogP contribution in [0.4, 0.5) is 0 Å². The molecule has 0 heterocycles. The molecule has 4 aromatic rings. The van der Waals surface area contributed by atoms with Crippen molar-refractivity contribution in [2.45, 2.75) is 23.1 Å². The molecular weight excluding hydrogens is 479 g/mol. The molecule has 0 saturated carbocycles. The van der Waals surface area contributed by atoms with Crippen LogP contribution in [0.5, 0.6) is 0 Å². The highest BCUT2D eigenvalue weighted by Crippen LogP contribution is 2.37. The zero-order chi connectivity index (χ0) is 23.8. The lowest BCUT2D eigenvalue weighted by Crippen LogP contribution is -2.07. The van der Waals surface area contributed by atoms with Crippen molar-refractivity contribution < 1.29 is 17.9 Å². The summed E-state index contributed by atoms with van der Waals surface area (Å²) in [4.78, 5) is 12.3. The molecular formula is C26H20Cl2O4S. The van der Waals surface area contributed by atoms with Crippen LogP contribution in [0, 0.1) is 6.92 Å². The summed E-state index contributed by atoms with van der Waals surface area (Å²) in [6.45, 7) is 1.94. The molecule has 168 valence electrons. The van der Waals surface area contributed by atoms with E-state index in [9.17, 15) is 13.2 Å². The Morgan fingerprint density at radius 3 is 2.03 bits per heavy atom. The largest absolute Gasteiger partial charge is 0.469 e. The van der Waals surface area contributed by atoms with Gasteiger partial charge in [0.2, 0.25) is 9.84 Å². The summed E-state index contributed by atoms with van der Waals surface area (Å²) >= 11 is 12.2. The lowest BCUT2D eigenvalue weighted by Gasteiger charge is -2.16. The van der Waals surface area contributed by atoms with Gasteiger partial charge in [0, 0.05) is 10.0 Å². The van der Waals surface area contributed by atoms with Crippen LogP contribution >= 0.6 is 23.2 Å². The number of esters is 1. The zero-order valence-electron chi connectivity index (χ0n) is 17.9. The number of hydrogen-bond donors (Lipinski definition) is 0. The van der Waals surface area contributed by atoms with Gasteiger partial charge in [0.25, 0.3) is 0 Å². The molecule has 0 N–H and O–H groups in total. The fourth-order valence-corrected chi connectivity index (χ4v) is 5.42. The number of benzene rings is 4. The number of rotatable bonds is 5. The molecule has 0 saturated heterocycles. The molecule has 7 heteroatoms. The van der Waals surface area contributed by atoms with Gasteiger partial charge in [-0.15, -0.1) is 0 Å². The predicted molar refractivity (Wildman–Crippen MR) is 132 cm³/mol. The summed E-state index contributed by atoms with van der Waals surface area (Å²) in [6, 6.07) is 20.3. The minimum atomic E-state index is -3.68. The number of sulfone groups is 1. The third kappa shape index (κ3) is 4.62. The molecule has 33 heavy (non-hydrogen) atoms. The molecule has 4 aromatic carbocycles. The van der Waals surface area contributed by atoms with Crippen LogP contribution in [-0.2, 0) is 25.8 Å². The van der Waals surface area contributed by atoms with E-state index in [-0.39, 0.29) is 22.2 Å². The Hall–Kier alpha value is -2.86. The van der Waals surface area contributed by atoms with Crippen molar-refractivity contribution in [3.8, 4) is 11.1 Å². The van der Waals surface area contributed by atoms with Crippen LogP contribution in [-0.4, -0.2) is 21.5 Å². The van der Waals surface area contributed by atoms with Crippen molar-refractivity contribution in [3.05, 3.63) is 94.0 Å². The first-order valence-corrected chi connectivity index (χ1v) is 12.3. The third-order valence-corrected chi connectivity index (χ3v) is 7.88. The molecule has 4 nitrogen and oxygen atoms in total. The van der Waals surface area contributed by atoms with E-state index in [2.05, 4.69) is 0 Å². The Balaban J connectivity index is 1.85. The first-order valence-electron chi connectivity index (χ1n) is 10.1. The quantitative estimate of drug-likeness (QED) is 0.288. The van der Waals surface area contributed by atoms with Crippen molar-refractivity contribution in [1.29, 1.82) is 0 Å². The summed E-state index contributed by atoms with van der Waals surface area (Å²) in [6.07, 6.45) is 0.136. The van der Waals surface area contributed by atoms with Gasteiger partial charge in [-0.1, -0.05) is 47.5 Å². The fraction of sp³-hybridized carbons (Fsp3) is 0.115. The number of methoxy groups -OCH3 is 1. The maximum atomic E-state index is 13.0. The average molecular weight is 499 g/mol. The van der Waals surface area contributed by atoms with E-state index in [0.717, 1.165) is 33.0 Å². The minimum Gasteiger partial charge on any atom is -0.469 e. The number of carbonyl (C=O) groups is 1. The van der Waals surface area contributed by atoms with Crippen LogP contribution in [0.1, 0.15) is 11.1 Å². The second-order valence-electron chi connectivity index (χ2n) is 7.64. The van der Waals surface area contributed by atoms with Crippen LogP contribution in [0.2, 0.25) is 10.0 Å². The van der Waals surface area contributed by atoms with Crippen LogP contribution in [0.25, 0.3) is 21.9 Å². The highest BCUT2D eigenvalue weighted by atomic mass is 35.5. The topological polar surface area (TPSA) is 60.4 Å². The van der Waals surface area contributed by atoms with Gasteiger partial charge in [0.1, 0.15) is 0 Å². The van der Waals surface area contributed by atoms with Crippen LogP contribution in [0.15, 0.2) is 82.6 Å². The van der Waals surface area contributed by atoms with Crippen LogP contribution < -0.4 is 0 Å². The van der Waals surface area contributed by atoms with Crippen molar-refractivity contribution >= 4 is 49.8 Å². The van der Waals surface area contributed by atoms with Gasteiger partial charge >= 0.3 is 5.97 Å². The second-order valence-corrected chi connectivity index (χ2v) is 10.5. The van der Waals surface area contributed by atoms with Gasteiger partial charge in [-0.2, -0.15) is 0 Å². The lowest BCUT2D eigenvalue weighted by atomic mass is 9.89. The summed E-state index contributed by atoms with van der Waals surface area (Å²) in [5.41, 5.74) is 3.46. The standard InChI is InChI=1S/C26H20Cl2O4S/c1-16-19(14-25(29)32-2)13-18-3-6-21(28)15-24(18)26(16)17-4-9-22(10-5-17)33(30,31)23-11-7-20(27)8-12-23/h3-13,15H,14H2,1-2H3. The molecule has 0 aromatic heterocycles. The van der Waals surface area contributed by atoms with Crippen molar-refractivity contribution in [2.75, 3.05) is 7.11 Å². The maximum absolute atomic E-state index is 13.0. The highest BCUT2D eigenvalue weighted by Gasteiger charge is 2.19. The van der Waals surface area contributed by atoms with Crippen molar-refractivity contribution in [3.63, 3.8) is 0 Å². The fourth-order valence-electron chi connectivity index (χ4n) is 3.86. The van der Waals surface area contributed by atoms with Gasteiger partial charge in [-0.3, -0.25) is 4.79 Å². The molecule has 0 unspecified atom stereocenters. The maximum Gasteiger partial charge on any atom is 0.309 e. The smallest absolute Gasteiger partial charge is 0.309 e. The third-order valence-electron chi connectivity index (χ3n) is 5.61. The van der Waals surface area contributed by atoms with Gasteiger partial charge in [0.05, 0.1) is 23.3 Å². The molecule has 0 spiro atoms. The Bertz CT molecular complexity index is 1460. The van der Waals surface area contributed by atoms with E-state index in [1.165, 1.54) is 19.2 Å². The van der Waals surface area contributed by atoms with E-state index in [1.54, 1.807) is 42.5 Å². The number of fused-ring (bicyclic) bond motifs is 1. The minimum absolute atomic E-state index is 0.136. The first-order chi connectivity index (χ1) is 15.7. The average Bonchev–Trinajstić information content (AvgIpc) is 2.80. The molecule has 4 rings (SSSR count). The van der Waals surface area contributed by atoms with E-state index in [0.29, 0.717) is 10.0 Å². The van der Waals surface area contributed by atoms with Gasteiger partial charge in [0.15, 0.2) is 0 Å². The second kappa shape index (κ2) is 9.18. The zero-order valence-corrected chi connectivity index (χ0v) is 20.3. The van der Waals surface area contributed by atoms with E-state index < -0.39 is 9.84 Å². The Kier molecular flexibility index (Phi) is 6.48. The Morgan fingerprint density at radius 2 is 1.42 bits per heavy atom. The molecule has 0 bridgehead atoms. The molecule has 0 aliphatic heterocycles. The monoisotopic (exact) mass is 498 g/mol. The molecule has 0 atom stereocenters. The van der Waals surface area contributed by atoms with E-state index in [1.807, 2.05) is 25.1 Å². The van der Waals surface area contributed by atoms with Gasteiger partial charge in [-0.05, 0) is 88.5 Å². The number of hydrogen-bond acceptors (Lipinski definition) is 4. The molecule has 0 amide bonds. The summed E-state index contributed by atoms with van der Waals surface area (Å²) in [7, 11) is -2.32. The van der Waals surface area contributed by atoms with Crippen molar-refractivity contribution in [2.24, 2.45) is 0 Å². The van der Waals surface area contributed by atoms with E-state index in [4.69, 9.17) is 27.9 Å². The predicted octanol–water partition coefficient (Wildman–Crippen LogP) is 6.67. The van der Waals surface area contributed by atoms with Crippen LogP contribution in [0.3, 0.4) is 0 Å². The summed E-state index contributed by atoms with van der Waals surface area (Å²) in [5.74, 6) is -0.332. The Labute approximate surface area is 202 Å². The first kappa shape index (κ1) is 23.3. The van der Waals surface area contributed by atoms with Crippen molar-refractivity contribution in [1.82, 2.24) is 0 Å². The number of ether oxygens (including phenoxy) is 1. The van der Waals surface area contributed by atoms with E-state index >= 15 is 0 Å². The highest BCUT2D eigenvalue weighted by molar-refractivity contribution is 7.91. The molecule has 0 radical (unpaired) electrons.